The van der Waals surface area contributed by atoms with Gasteiger partial charge in [-0.1, -0.05) is 13.8 Å². The summed E-state index contributed by atoms with van der Waals surface area (Å²) in [6.07, 6.45) is 5.46. The van der Waals surface area contributed by atoms with E-state index >= 15 is 0 Å². The molecule has 1 aliphatic rings. The van der Waals surface area contributed by atoms with Gasteiger partial charge in [-0.05, 0) is 43.2 Å². The van der Waals surface area contributed by atoms with Crippen molar-refractivity contribution < 1.29 is 13.2 Å². The molecule has 4 nitrogen and oxygen atoms in total. The highest BCUT2D eigenvalue weighted by molar-refractivity contribution is 8.13. The van der Waals surface area contributed by atoms with Crippen LogP contribution in [0.2, 0.25) is 0 Å². The Balaban J connectivity index is 2.13. The number of rotatable bonds is 3. The molecule has 0 bridgehead atoms. The van der Waals surface area contributed by atoms with Gasteiger partial charge in [0.1, 0.15) is 11.0 Å². The van der Waals surface area contributed by atoms with Crippen LogP contribution in [-0.4, -0.2) is 19.5 Å². The number of ether oxygens (including phenoxy) is 1. The Kier molecular flexibility index (Phi) is 4.06. The van der Waals surface area contributed by atoms with Crippen LogP contribution >= 0.6 is 10.7 Å². The van der Waals surface area contributed by atoms with Gasteiger partial charge in [0.05, 0.1) is 0 Å². The fraction of sp³-hybridized carbons (Fsp3) is 0.615. The second kappa shape index (κ2) is 5.29. The molecule has 19 heavy (non-hydrogen) atoms. The first kappa shape index (κ1) is 14.6. The lowest BCUT2D eigenvalue weighted by Gasteiger charge is -2.34. The summed E-state index contributed by atoms with van der Waals surface area (Å²) < 4.78 is 28.6. The second-order valence-electron chi connectivity index (χ2n) is 5.73. The standard InChI is InChI=1S/C13H18ClNO3S/c1-13(2)7-5-10(6-8-13)18-12-11(19(14,16)17)4-3-9-15-12/h3-4,9-10H,5-8H2,1-2H3. The van der Waals surface area contributed by atoms with Crippen molar-refractivity contribution in [1.82, 2.24) is 4.98 Å². The third-order valence-electron chi connectivity index (χ3n) is 3.56. The van der Waals surface area contributed by atoms with E-state index in [1.54, 1.807) is 0 Å². The molecule has 1 heterocycles. The molecule has 1 fully saturated rings. The van der Waals surface area contributed by atoms with Crippen molar-refractivity contribution in [3.05, 3.63) is 18.3 Å². The zero-order chi connectivity index (χ0) is 14.1. The highest BCUT2D eigenvalue weighted by atomic mass is 35.7. The minimum Gasteiger partial charge on any atom is -0.473 e. The number of halogens is 1. The maximum atomic E-state index is 11.4. The molecule has 0 amide bonds. The highest BCUT2D eigenvalue weighted by Gasteiger charge is 2.29. The lowest BCUT2D eigenvalue weighted by molar-refractivity contribution is 0.0922. The molecule has 1 aromatic heterocycles. The van der Waals surface area contributed by atoms with E-state index < -0.39 is 9.05 Å². The van der Waals surface area contributed by atoms with Gasteiger partial charge < -0.3 is 4.74 Å². The zero-order valence-electron chi connectivity index (χ0n) is 11.1. The van der Waals surface area contributed by atoms with Crippen molar-refractivity contribution in [2.75, 3.05) is 0 Å². The molecule has 0 saturated heterocycles. The van der Waals surface area contributed by atoms with Crippen LogP contribution in [0.15, 0.2) is 23.2 Å². The molecule has 1 saturated carbocycles. The summed E-state index contributed by atoms with van der Waals surface area (Å²) in [5, 5.41) is 0. The van der Waals surface area contributed by atoms with Gasteiger partial charge in [0.15, 0.2) is 0 Å². The van der Waals surface area contributed by atoms with Crippen molar-refractivity contribution in [2.24, 2.45) is 5.41 Å². The fourth-order valence-corrected chi connectivity index (χ4v) is 3.20. The third-order valence-corrected chi connectivity index (χ3v) is 4.90. The Bertz CT molecular complexity index is 547. The summed E-state index contributed by atoms with van der Waals surface area (Å²) in [5.41, 5.74) is 0.339. The topological polar surface area (TPSA) is 56.3 Å². The Labute approximate surface area is 118 Å². The largest absolute Gasteiger partial charge is 0.473 e. The second-order valence-corrected chi connectivity index (χ2v) is 8.26. The molecule has 1 aliphatic carbocycles. The number of nitrogens with zero attached hydrogens (tertiary/aromatic N) is 1. The molecule has 0 aliphatic heterocycles. The highest BCUT2D eigenvalue weighted by Crippen LogP contribution is 2.37. The van der Waals surface area contributed by atoms with E-state index in [1.165, 1.54) is 18.3 Å². The molecule has 0 N–H and O–H groups in total. The number of hydrogen-bond donors (Lipinski definition) is 0. The van der Waals surface area contributed by atoms with Crippen LogP contribution in [0.25, 0.3) is 0 Å². The molecule has 106 valence electrons. The van der Waals surface area contributed by atoms with Crippen LogP contribution < -0.4 is 4.74 Å². The van der Waals surface area contributed by atoms with Crippen molar-refractivity contribution in [1.29, 1.82) is 0 Å². The van der Waals surface area contributed by atoms with Gasteiger partial charge in [-0.3, -0.25) is 0 Å². The van der Waals surface area contributed by atoms with Crippen molar-refractivity contribution in [2.45, 2.75) is 50.5 Å². The van der Waals surface area contributed by atoms with Gasteiger partial charge in [-0.15, -0.1) is 0 Å². The lowest BCUT2D eigenvalue weighted by Crippen LogP contribution is -2.28. The van der Waals surface area contributed by atoms with Crippen LogP contribution in [0.1, 0.15) is 39.5 Å². The van der Waals surface area contributed by atoms with E-state index in [1.807, 2.05) is 0 Å². The van der Waals surface area contributed by atoms with Crippen molar-refractivity contribution in [3.8, 4) is 5.88 Å². The molecular weight excluding hydrogens is 286 g/mol. The maximum absolute atomic E-state index is 11.4. The van der Waals surface area contributed by atoms with Gasteiger partial charge in [-0.25, -0.2) is 13.4 Å². The van der Waals surface area contributed by atoms with Crippen LogP contribution in [0.4, 0.5) is 0 Å². The Morgan fingerprint density at radius 1 is 1.37 bits per heavy atom. The van der Waals surface area contributed by atoms with Crippen molar-refractivity contribution >= 4 is 19.7 Å². The molecule has 0 radical (unpaired) electrons. The van der Waals surface area contributed by atoms with E-state index in [2.05, 4.69) is 18.8 Å². The van der Waals surface area contributed by atoms with Crippen molar-refractivity contribution in [3.63, 3.8) is 0 Å². The Morgan fingerprint density at radius 2 is 2.00 bits per heavy atom. The number of hydrogen-bond acceptors (Lipinski definition) is 4. The minimum absolute atomic E-state index is 0.0140. The first-order valence-electron chi connectivity index (χ1n) is 6.34. The van der Waals surface area contributed by atoms with Crippen LogP contribution in [0, 0.1) is 5.41 Å². The zero-order valence-corrected chi connectivity index (χ0v) is 12.7. The molecule has 0 aromatic carbocycles. The fourth-order valence-electron chi connectivity index (χ4n) is 2.30. The summed E-state index contributed by atoms with van der Waals surface area (Å²) >= 11 is 0. The molecular formula is C13H18ClNO3S. The van der Waals surface area contributed by atoms with Crippen LogP contribution in [-0.2, 0) is 9.05 Å². The van der Waals surface area contributed by atoms with Gasteiger partial charge >= 0.3 is 0 Å². The number of aromatic nitrogens is 1. The number of pyridine rings is 1. The van der Waals surface area contributed by atoms with Gasteiger partial charge in [0, 0.05) is 16.9 Å². The summed E-state index contributed by atoms with van der Waals surface area (Å²) in [6.45, 7) is 4.47. The summed E-state index contributed by atoms with van der Waals surface area (Å²) in [6, 6.07) is 2.95. The Morgan fingerprint density at radius 3 is 2.58 bits per heavy atom. The molecule has 0 spiro atoms. The van der Waals surface area contributed by atoms with Crippen LogP contribution in [0.3, 0.4) is 0 Å². The smallest absolute Gasteiger partial charge is 0.266 e. The van der Waals surface area contributed by atoms with E-state index in [-0.39, 0.29) is 16.9 Å². The average molecular weight is 304 g/mol. The summed E-state index contributed by atoms with van der Waals surface area (Å²) in [4.78, 5) is 3.94. The van der Waals surface area contributed by atoms with Gasteiger partial charge in [-0.2, -0.15) is 0 Å². The average Bonchev–Trinajstić information content (AvgIpc) is 2.31. The molecule has 0 unspecified atom stereocenters. The predicted octanol–water partition coefficient (Wildman–Crippen LogP) is 3.36. The first-order valence-corrected chi connectivity index (χ1v) is 8.65. The minimum atomic E-state index is -3.82. The normalized spacial score (nSPS) is 20.2. The predicted molar refractivity (Wildman–Crippen MR) is 73.9 cm³/mol. The van der Waals surface area contributed by atoms with E-state index in [4.69, 9.17) is 15.4 Å². The van der Waals surface area contributed by atoms with E-state index in [0.717, 1.165) is 25.7 Å². The third kappa shape index (κ3) is 3.83. The molecule has 1 aromatic rings. The van der Waals surface area contributed by atoms with Gasteiger partial charge in [0.2, 0.25) is 5.88 Å². The van der Waals surface area contributed by atoms with Crippen LogP contribution in [0.5, 0.6) is 5.88 Å². The summed E-state index contributed by atoms with van der Waals surface area (Å²) in [7, 11) is 1.56. The molecule has 6 heteroatoms. The Hall–Kier alpha value is -0.810. The lowest BCUT2D eigenvalue weighted by atomic mass is 9.76. The quantitative estimate of drug-likeness (QED) is 0.803. The summed E-state index contributed by atoms with van der Waals surface area (Å²) in [5.74, 6) is 0.113. The SMILES string of the molecule is CC1(C)CCC(Oc2ncccc2S(=O)(=O)Cl)CC1. The maximum Gasteiger partial charge on any atom is 0.266 e. The molecule has 0 atom stereocenters. The molecule has 2 rings (SSSR count). The van der Waals surface area contributed by atoms with E-state index in [0.29, 0.717) is 5.41 Å². The van der Waals surface area contributed by atoms with Gasteiger partial charge in [0.25, 0.3) is 9.05 Å². The van der Waals surface area contributed by atoms with E-state index in [9.17, 15) is 8.42 Å². The monoisotopic (exact) mass is 303 g/mol. The first-order chi connectivity index (χ1) is 8.78.